The topological polar surface area (TPSA) is 76.2 Å². The van der Waals surface area contributed by atoms with Crippen LogP contribution in [-0.4, -0.2) is 62.1 Å². The average molecular weight is 362 g/mol. The lowest BCUT2D eigenvalue weighted by molar-refractivity contribution is 0.0263. The summed E-state index contributed by atoms with van der Waals surface area (Å²) in [6.07, 6.45) is 1.13. The predicted octanol–water partition coefficient (Wildman–Crippen LogP) is 2.73. The van der Waals surface area contributed by atoms with Crippen LogP contribution in [0.4, 0.5) is 10.5 Å². The molecule has 0 unspecified atom stereocenters. The van der Waals surface area contributed by atoms with E-state index in [0.29, 0.717) is 31.5 Å². The molecule has 1 saturated heterocycles. The van der Waals surface area contributed by atoms with Crippen molar-refractivity contribution in [1.29, 1.82) is 0 Å². The van der Waals surface area contributed by atoms with Crippen molar-refractivity contribution >= 4 is 24.0 Å². The van der Waals surface area contributed by atoms with E-state index >= 15 is 0 Å². The number of hydrogen-bond donors (Lipinski definition) is 0. The SMILES string of the molecule is COC(=O)c1ccc(N2CCCN(C(=O)OC(C)(C)C)CC2)cc1C=O. The van der Waals surface area contributed by atoms with E-state index < -0.39 is 11.6 Å². The lowest BCUT2D eigenvalue weighted by atomic mass is 10.1. The molecule has 0 aromatic heterocycles. The van der Waals surface area contributed by atoms with E-state index in [0.717, 1.165) is 18.7 Å². The molecule has 0 aliphatic carbocycles. The third-order valence-corrected chi connectivity index (χ3v) is 4.08. The van der Waals surface area contributed by atoms with E-state index in [-0.39, 0.29) is 11.7 Å². The minimum Gasteiger partial charge on any atom is -0.465 e. The first-order valence-electron chi connectivity index (χ1n) is 8.65. The van der Waals surface area contributed by atoms with Gasteiger partial charge in [0.15, 0.2) is 6.29 Å². The predicted molar refractivity (Wildman–Crippen MR) is 97.8 cm³/mol. The third kappa shape index (κ3) is 4.97. The lowest BCUT2D eigenvalue weighted by Gasteiger charge is -2.27. The van der Waals surface area contributed by atoms with Gasteiger partial charge < -0.3 is 19.3 Å². The molecule has 0 spiro atoms. The minimum atomic E-state index is -0.536. The molecule has 7 nitrogen and oxygen atoms in total. The van der Waals surface area contributed by atoms with Gasteiger partial charge in [0.1, 0.15) is 5.60 Å². The molecule has 2 rings (SSSR count). The highest BCUT2D eigenvalue weighted by atomic mass is 16.6. The summed E-state index contributed by atoms with van der Waals surface area (Å²) in [5, 5.41) is 0. The Hall–Kier alpha value is -2.57. The molecule has 1 aromatic carbocycles. The molecule has 26 heavy (non-hydrogen) atoms. The van der Waals surface area contributed by atoms with Gasteiger partial charge in [-0.25, -0.2) is 9.59 Å². The van der Waals surface area contributed by atoms with Gasteiger partial charge in [-0.05, 0) is 45.4 Å². The van der Waals surface area contributed by atoms with Crippen LogP contribution in [0.3, 0.4) is 0 Å². The van der Waals surface area contributed by atoms with Crippen molar-refractivity contribution in [3.05, 3.63) is 29.3 Å². The zero-order valence-corrected chi connectivity index (χ0v) is 15.8. The average Bonchev–Trinajstić information content (AvgIpc) is 2.85. The Balaban J connectivity index is 2.10. The van der Waals surface area contributed by atoms with Crippen molar-refractivity contribution in [2.24, 2.45) is 0 Å². The van der Waals surface area contributed by atoms with Gasteiger partial charge in [-0.15, -0.1) is 0 Å². The van der Waals surface area contributed by atoms with Crippen molar-refractivity contribution in [3.8, 4) is 0 Å². The zero-order chi connectivity index (χ0) is 19.3. The van der Waals surface area contributed by atoms with Crippen molar-refractivity contribution in [3.63, 3.8) is 0 Å². The van der Waals surface area contributed by atoms with Gasteiger partial charge >= 0.3 is 12.1 Å². The fraction of sp³-hybridized carbons (Fsp3) is 0.526. The Bertz CT molecular complexity index is 681. The summed E-state index contributed by atoms with van der Waals surface area (Å²) in [7, 11) is 1.28. The maximum atomic E-state index is 12.3. The Morgan fingerprint density at radius 2 is 1.85 bits per heavy atom. The normalized spacial score (nSPS) is 15.2. The molecule has 0 saturated carbocycles. The number of aldehydes is 1. The molecule has 1 aliphatic rings. The van der Waals surface area contributed by atoms with Gasteiger partial charge in [-0.1, -0.05) is 0 Å². The summed E-state index contributed by atoms with van der Waals surface area (Å²) in [5.41, 5.74) is 0.857. The van der Waals surface area contributed by atoms with Gasteiger partial charge in [0.05, 0.1) is 12.7 Å². The first-order valence-corrected chi connectivity index (χ1v) is 8.65. The number of benzene rings is 1. The van der Waals surface area contributed by atoms with Crippen LogP contribution in [0, 0.1) is 0 Å². The quantitative estimate of drug-likeness (QED) is 0.608. The van der Waals surface area contributed by atoms with E-state index in [4.69, 9.17) is 9.47 Å². The van der Waals surface area contributed by atoms with Crippen LogP contribution >= 0.6 is 0 Å². The summed E-state index contributed by atoms with van der Waals surface area (Å²) >= 11 is 0. The second-order valence-electron chi connectivity index (χ2n) is 7.19. The summed E-state index contributed by atoms with van der Waals surface area (Å²) < 4.78 is 10.1. The molecular formula is C19H26N2O5. The summed E-state index contributed by atoms with van der Waals surface area (Å²) in [5.74, 6) is -0.536. The largest absolute Gasteiger partial charge is 0.465 e. The van der Waals surface area contributed by atoms with E-state index in [2.05, 4.69) is 4.90 Å². The van der Waals surface area contributed by atoms with Crippen LogP contribution < -0.4 is 4.90 Å². The fourth-order valence-electron chi connectivity index (χ4n) is 2.82. The summed E-state index contributed by atoms with van der Waals surface area (Å²) in [6, 6.07) is 5.08. The van der Waals surface area contributed by atoms with Crippen LogP contribution in [0.1, 0.15) is 47.9 Å². The molecule has 1 amide bonds. The number of nitrogens with zero attached hydrogens (tertiary/aromatic N) is 2. The molecule has 0 atom stereocenters. The highest BCUT2D eigenvalue weighted by molar-refractivity contribution is 5.99. The Morgan fingerprint density at radius 1 is 1.12 bits per heavy atom. The highest BCUT2D eigenvalue weighted by Crippen LogP contribution is 2.21. The first kappa shape index (κ1) is 19.8. The number of rotatable bonds is 3. The van der Waals surface area contributed by atoms with Crippen LogP contribution in [0.15, 0.2) is 18.2 Å². The van der Waals surface area contributed by atoms with Crippen LogP contribution in [0.2, 0.25) is 0 Å². The molecule has 1 aliphatic heterocycles. The molecule has 142 valence electrons. The maximum Gasteiger partial charge on any atom is 0.410 e. The monoisotopic (exact) mass is 362 g/mol. The molecule has 0 N–H and O–H groups in total. The van der Waals surface area contributed by atoms with Gasteiger partial charge in [0.2, 0.25) is 0 Å². The van der Waals surface area contributed by atoms with E-state index in [1.54, 1.807) is 23.1 Å². The van der Waals surface area contributed by atoms with Crippen molar-refractivity contribution in [2.45, 2.75) is 32.8 Å². The number of carbonyl (C=O) groups is 3. The Morgan fingerprint density at radius 3 is 2.46 bits per heavy atom. The van der Waals surface area contributed by atoms with Gasteiger partial charge in [-0.2, -0.15) is 0 Å². The minimum absolute atomic E-state index is 0.247. The maximum absolute atomic E-state index is 12.3. The molecular weight excluding hydrogens is 336 g/mol. The second kappa shape index (κ2) is 8.21. The molecule has 1 fully saturated rings. The number of methoxy groups -OCH3 is 1. The lowest BCUT2D eigenvalue weighted by Crippen LogP contribution is -2.39. The number of amides is 1. The molecule has 0 radical (unpaired) electrons. The van der Waals surface area contributed by atoms with E-state index in [1.807, 2.05) is 20.8 Å². The molecule has 0 bridgehead atoms. The van der Waals surface area contributed by atoms with E-state index in [1.165, 1.54) is 7.11 Å². The van der Waals surface area contributed by atoms with E-state index in [9.17, 15) is 14.4 Å². The summed E-state index contributed by atoms with van der Waals surface area (Å²) in [6.45, 7) is 8.05. The van der Waals surface area contributed by atoms with Crippen molar-refractivity contribution in [1.82, 2.24) is 4.90 Å². The standard InChI is InChI=1S/C19H26N2O5/c1-19(2,3)26-18(24)21-9-5-8-20(10-11-21)15-6-7-16(17(23)25-4)14(12-15)13-22/h6-7,12-13H,5,8-11H2,1-4H3. The van der Waals surface area contributed by atoms with Gasteiger partial charge in [0.25, 0.3) is 0 Å². The smallest absolute Gasteiger partial charge is 0.410 e. The molecule has 1 aromatic rings. The second-order valence-corrected chi connectivity index (χ2v) is 7.19. The van der Waals surface area contributed by atoms with Crippen LogP contribution in [0.25, 0.3) is 0 Å². The zero-order valence-electron chi connectivity index (χ0n) is 15.8. The number of esters is 1. The highest BCUT2D eigenvalue weighted by Gasteiger charge is 2.25. The van der Waals surface area contributed by atoms with Crippen molar-refractivity contribution in [2.75, 3.05) is 38.2 Å². The van der Waals surface area contributed by atoms with Crippen LogP contribution in [-0.2, 0) is 9.47 Å². The number of anilines is 1. The Kier molecular flexibility index (Phi) is 6.23. The number of carbonyl (C=O) groups excluding carboxylic acids is 3. The first-order chi connectivity index (χ1) is 12.2. The van der Waals surface area contributed by atoms with Crippen LogP contribution in [0.5, 0.6) is 0 Å². The third-order valence-electron chi connectivity index (χ3n) is 4.08. The fourth-order valence-corrected chi connectivity index (χ4v) is 2.82. The van der Waals surface area contributed by atoms with Gasteiger partial charge in [0, 0.05) is 37.4 Å². The number of ether oxygens (including phenoxy) is 2. The molecule has 1 heterocycles. The van der Waals surface area contributed by atoms with Crippen molar-refractivity contribution < 1.29 is 23.9 Å². The molecule has 7 heteroatoms. The summed E-state index contributed by atoms with van der Waals surface area (Å²) in [4.78, 5) is 39.1. The Labute approximate surface area is 153 Å². The van der Waals surface area contributed by atoms with Gasteiger partial charge in [-0.3, -0.25) is 4.79 Å². The number of hydrogen-bond acceptors (Lipinski definition) is 6.